The Morgan fingerprint density at radius 3 is 1.33 bits per heavy atom. The third-order valence-corrected chi connectivity index (χ3v) is 2.42. The highest BCUT2D eigenvalue weighted by molar-refractivity contribution is 5.18. The summed E-state index contributed by atoms with van der Waals surface area (Å²) >= 11 is 0. The van der Waals surface area contributed by atoms with Gasteiger partial charge < -0.3 is 16.6 Å². The smallest absolute Gasteiger partial charge is 0.115 e. The van der Waals surface area contributed by atoms with Crippen LogP contribution in [0.4, 0.5) is 0 Å². The van der Waals surface area contributed by atoms with Crippen molar-refractivity contribution in [2.45, 2.75) is 38.8 Å². The van der Waals surface area contributed by atoms with Crippen molar-refractivity contribution in [3.8, 4) is 5.75 Å². The minimum Gasteiger partial charge on any atom is -0.508 e. The molecule has 3 nitrogen and oxygen atoms in total. The first-order chi connectivity index (χ1) is 6.64. The van der Waals surface area contributed by atoms with E-state index in [9.17, 15) is 0 Å². The van der Waals surface area contributed by atoms with E-state index < -0.39 is 0 Å². The molecule has 15 heavy (non-hydrogen) atoms. The van der Waals surface area contributed by atoms with Crippen molar-refractivity contribution >= 4 is 0 Å². The average molecular weight is 210 g/mol. The molecule has 1 rings (SSSR count). The summed E-state index contributed by atoms with van der Waals surface area (Å²) in [5.74, 6) is 0.322. The Morgan fingerprint density at radius 1 is 0.867 bits per heavy atom. The standard InChI is InChI=1S/C6H16N2.C6H6O/c1-5(2,7)6(3,4)8;7-6-4-2-1-3-5-6/h7-8H2,1-4H3;1-5,7H. The van der Waals surface area contributed by atoms with E-state index in [4.69, 9.17) is 16.6 Å². The molecule has 0 fully saturated rings. The molecule has 5 N–H and O–H groups in total. The molecule has 0 radical (unpaired) electrons. The van der Waals surface area contributed by atoms with Gasteiger partial charge in [0.25, 0.3) is 0 Å². The first kappa shape index (κ1) is 13.9. The van der Waals surface area contributed by atoms with Crippen LogP contribution in [0.2, 0.25) is 0 Å². The van der Waals surface area contributed by atoms with Crippen LogP contribution in [0.25, 0.3) is 0 Å². The molecule has 0 amide bonds. The highest BCUT2D eigenvalue weighted by Crippen LogP contribution is 2.13. The molecular formula is C12H22N2O. The Bertz CT molecular complexity index is 258. The monoisotopic (exact) mass is 210 g/mol. The molecule has 3 heteroatoms. The largest absolute Gasteiger partial charge is 0.508 e. The lowest BCUT2D eigenvalue weighted by Gasteiger charge is -2.34. The maximum absolute atomic E-state index is 8.63. The van der Waals surface area contributed by atoms with Gasteiger partial charge in [0.1, 0.15) is 5.75 Å². The number of hydrogen-bond donors (Lipinski definition) is 3. The third kappa shape index (κ3) is 6.10. The van der Waals surface area contributed by atoms with Crippen LogP contribution >= 0.6 is 0 Å². The van der Waals surface area contributed by atoms with Crippen molar-refractivity contribution in [2.24, 2.45) is 11.5 Å². The summed E-state index contributed by atoms with van der Waals surface area (Å²) in [4.78, 5) is 0. The summed E-state index contributed by atoms with van der Waals surface area (Å²) in [6, 6.07) is 8.71. The van der Waals surface area contributed by atoms with Crippen molar-refractivity contribution in [2.75, 3.05) is 0 Å². The van der Waals surface area contributed by atoms with E-state index >= 15 is 0 Å². The Kier molecular flexibility index (Phi) is 4.78. The molecule has 0 unspecified atom stereocenters. The Balaban J connectivity index is 0.000000262. The minimum atomic E-state index is -0.285. The highest BCUT2D eigenvalue weighted by atomic mass is 16.3. The second-order valence-electron chi connectivity index (χ2n) is 4.78. The van der Waals surface area contributed by atoms with Crippen LogP contribution in [0.5, 0.6) is 5.75 Å². The van der Waals surface area contributed by atoms with E-state index in [0.717, 1.165) is 0 Å². The van der Waals surface area contributed by atoms with Gasteiger partial charge in [-0.1, -0.05) is 18.2 Å². The fourth-order valence-electron chi connectivity index (χ4n) is 0.428. The van der Waals surface area contributed by atoms with Crippen LogP contribution in [-0.4, -0.2) is 16.2 Å². The lowest BCUT2D eigenvalue weighted by Crippen LogP contribution is -2.58. The Hall–Kier alpha value is -1.06. The lowest BCUT2D eigenvalue weighted by atomic mass is 9.85. The molecule has 0 saturated carbocycles. The van der Waals surface area contributed by atoms with Gasteiger partial charge >= 0.3 is 0 Å². The first-order valence-corrected chi connectivity index (χ1v) is 4.96. The van der Waals surface area contributed by atoms with Gasteiger partial charge in [-0.25, -0.2) is 0 Å². The normalized spacial score (nSPS) is 11.6. The Morgan fingerprint density at radius 2 is 1.20 bits per heavy atom. The van der Waals surface area contributed by atoms with Crippen molar-refractivity contribution in [1.29, 1.82) is 0 Å². The molecule has 1 aromatic carbocycles. The van der Waals surface area contributed by atoms with E-state index in [0.29, 0.717) is 5.75 Å². The van der Waals surface area contributed by atoms with Crippen molar-refractivity contribution < 1.29 is 5.11 Å². The van der Waals surface area contributed by atoms with Gasteiger partial charge in [0.15, 0.2) is 0 Å². The average Bonchev–Trinajstić information content (AvgIpc) is 2.02. The molecule has 1 aromatic rings. The van der Waals surface area contributed by atoms with Gasteiger partial charge in [-0.05, 0) is 39.8 Å². The molecule has 0 bridgehead atoms. The topological polar surface area (TPSA) is 72.3 Å². The zero-order valence-electron chi connectivity index (χ0n) is 9.99. The van der Waals surface area contributed by atoms with Gasteiger partial charge in [-0.15, -0.1) is 0 Å². The van der Waals surface area contributed by atoms with E-state index in [1.807, 2.05) is 33.8 Å². The number of aromatic hydroxyl groups is 1. The Labute approximate surface area is 92.1 Å². The quantitative estimate of drug-likeness (QED) is 0.662. The zero-order valence-corrected chi connectivity index (χ0v) is 9.99. The molecule has 0 aromatic heterocycles. The zero-order chi connectivity index (χ0) is 12.1. The summed E-state index contributed by atoms with van der Waals surface area (Å²) in [5, 5.41) is 8.63. The minimum absolute atomic E-state index is 0.285. The summed E-state index contributed by atoms with van der Waals surface area (Å²) < 4.78 is 0. The fraction of sp³-hybridized carbons (Fsp3) is 0.500. The molecule has 86 valence electrons. The van der Waals surface area contributed by atoms with E-state index in [-0.39, 0.29) is 11.1 Å². The van der Waals surface area contributed by atoms with Gasteiger partial charge in [0.2, 0.25) is 0 Å². The van der Waals surface area contributed by atoms with Crippen molar-refractivity contribution in [1.82, 2.24) is 0 Å². The molecular weight excluding hydrogens is 188 g/mol. The van der Waals surface area contributed by atoms with Crippen LogP contribution in [-0.2, 0) is 0 Å². The highest BCUT2D eigenvalue weighted by Gasteiger charge is 2.28. The number of para-hydroxylation sites is 1. The third-order valence-electron chi connectivity index (χ3n) is 2.42. The molecule has 0 aliphatic carbocycles. The lowest BCUT2D eigenvalue weighted by molar-refractivity contribution is 0.309. The molecule has 0 saturated heterocycles. The predicted octanol–water partition coefficient (Wildman–Crippen LogP) is 1.85. The van der Waals surface area contributed by atoms with Crippen LogP contribution in [0.1, 0.15) is 27.7 Å². The van der Waals surface area contributed by atoms with Gasteiger partial charge in [-0.2, -0.15) is 0 Å². The summed E-state index contributed by atoms with van der Waals surface area (Å²) in [5.41, 5.74) is 10.8. The van der Waals surface area contributed by atoms with Crippen LogP contribution in [0.3, 0.4) is 0 Å². The van der Waals surface area contributed by atoms with Crippen LogP contribution in [0.15, 0.2) is 30.3 Å². The van der Waals surface area contributed by atoms with Crippen molar-refractivity contribution in [3.05, 3.63) is 30.3 Å². The number of hydrogen-bond acceptors (Lipinski definition) is 3. The predicted molar refractivity (Wildman–Crippen MR) is 64.6 cm³/mol. The van der Waals surface area contributed by atoms with Gasteiger partial charge in [0.05, 0.1) is 0 Å². The maximum atomic E-state index is 8.63. The molecule has 0 aliphatic heterocycles. The SMILES string of the molecule is CC(C)(N)C(C)(C)N.Oc1ccccc1. The van der Waals surface area contributed by atoms with E-state index in [2.05, 4.69) is 0 Å². The number of benzene rings is 1. The summed E-state index contributed by atoms with van der Waals surface area (Å²) in [6.07, 6.45) is 0. The number of nitrogens with two attached hydrogens (primary N) is 2. The van der Waals surface area contributed by atoms with Crippen LogP contribution < -0.4 is 11.5 Å². The number of phenols is 1. The second-order valence-corrected chi connectivity index (χ2v) is 4.78. The fourth-order valence-corrected chi connectivity index (χ4v) is 0.428. The summed E-state index contributed by atoms with van der Waals surface area (Å²) in [6.45, 7) is 7.69. The van der Waals surface area contributed by atoms with Crippen LogP contribution in [0, 0.1) is 0 Å². The molecule has 0 spiro atoms. The molecule has 0 heterocycles. The summed E-state index contributed by atoms with van der Waals surface area (Å²) in [7, 11) is 0. The molecule has 0 atom stereocenters. The van der Waals surface area contributed by atoms with Gasteiger partial charge in [0, 0.05) is 11.1 Å². The van der Waals surface area contributed by atoms with Crippen molar-refractivity contribution in [3.63, 3.8) is 0 Å². The van der Waals surface area contributed by atoms with Gasteiger partial charge in [-0.3, -0.25) is 0 Å². The van der Waals surface area contributed by atoms with E-state index in [1.54, 1.807) is 24.3 Å². The first-order valence-electron chi connectivity index (χ1n) is 4.96. The second kappa shape index (κ2) is 5.14. The molecule has 0 aliphatic rings. The number of rotatable bonds is 1. The maximum Gasteiger partial charge on any atom is 0.115 e. The number of phenolic OH excluding ortho intramolecular Hbond substituents is 1. The van der Waals surface area contributed by atoms with E-state index in [1.165, 1.54) is 0 Å².